The summed E-state index contributed by atoms with van der Waals surface area (Å²) in [5.74, 6) is 0. The number of rotatable bonds is 5. The van der Waals surface area contributed by atoms with Gasteiger partial charge in [-0.2, -0.15) is 0 Å². The second-order valence-corrected chi connectivity index (χ2v) is 8.79. The molecule has 1 heterocycles. The van der Waals surface area contributed by atoms with Gasteiger partial charge in [0, 0.05) is 18.8 Å². The van der Waals surface area contributed by atoms with Gasteiger partial charge in [0.25, 0.3) is 0 Å². The Morgan fingerprint density at radius 1 is 1.00 bits per heavy atom. The number of benzene rings is 2. The van der Waals surface area contributed by atoms with Crippen LogP contribution in [0.3, 0.4) is 0 Å². The van der Waals surface area contributed by atoms with Gasteiger partial charge in [-0.3, -0.25) is 0 Å². The van der Waals surface area contributed by atoms with Gasteiger partial charge in [0.05, 0.1) is 4.90 Å². The molecule has 3 nitrogen and oxygen atoms in total. The van der Waals surface area contributed by atoms with Crippen LogP contribution in [-0.4, -0.2) is 38.7 Å². The van der Waals surface area contributed by atoms with Crippen LogP contribution >= 0.6 is 0 Å². The summed E-state index contributed by atoms with van der Waals surface area (Å²) in [5, 5.41) is 0. The number of likely N-dealkylation sites (tertiary alicyclic amines) is 1. The Hall–Kier alpha value is -1.65. The molecule has 4 heteroatoms. The van der Waals surface area contributed by atoms with Gasteiger partial charge < -0.3 is 4.90 Å². The molecule has 2 aromatic rings. The predicted octanol–water partition coefficient (Wildman–Crippen LogP) is 3.78. The molecule has 128 valence electrons. The summed E-state index contributed by atoms with van der Waals surface area (Å²) in [6, 6.07) is 16.4. The quantitative estimate of drug-likeness (QED) is 0.829. The van der Waals surface area contributed by atoms with Crippen LogP contribution in [0.15, 0.2) is 53.4 Å². The molecule has 0 radical (unpaired) electrons. The maximum Gasteiger partial charge on any atom is 0.175 e. The summed E-state index contributed by atoms with van der Waals surface area (Å²) in [6.45, 7) is 4.67. The molecule has 0 aliphatic carbocycles. The SMILES string of the molecule is C[C@@H]1CCCN1CCc1ccc(-c2ccc(S(C)(=O)=O)cc2)cc1. The highest BCUT2D eigenvalue weighted by atomic mass is 32.2. The molecule has 2 aromatic carbocycles. The second-order valence-electron chi connectivity index (χ2n) is 6.77. The Morgan fingerprint density at radius 2 is 1.58 bits per heavy atom. The molecule has 1 saturated heterocycles. The van der Waals surface area contributed by atoms with Crippen LogP contribution in [0.1, 0.15) is 25.3 Å². The molecule has 0 unspecified atom stereocenters. The van der Waals surface area contributed by atoms with E-state index in [2.05, 4.69) is 36.1 Å². The smallest absolute Gasteiger partial charge is 0.175 e. The lowest BCUT2D eigenvalue weighted by Crippen LogP contribution is -2.28. The van der Waals surface area contributed by atoms with E-state index in [0.717, 1.165) is 30.1 Å². The number of nitrogens with zero attached hydrogens (tertiary/aromatic N) is 1. The molecular formula is C20H25NO2S. The van der Waals surface area contributed by atoms with E-state index >= 15 is 0 Å². The lowest BCUT2D eigenvalue weighted by atomic mass is 10.0. The summed E-state index contributed by atoms with van der Waals surface area (Å²) >= 11 is 0. The first-order valence-corrected chi connectivity index (χ1v) is 10.5. The van der Waals surface area contributed by atoms with Crippen molar-refractivity contribution in [2.75, 3.05) is 19.3 Å². The maximum absolute atomic E-state index is 11.5. The first-order valence-electron chi connectivity index (χ1n) is 8.57. The summed E-state index contributed by atoms with van der Waals surface area (Å²) in [7, 11) is -3.13. The van der Waals surface area contributed by atoms with Gasteiger partial charge in [-0.15, -0.1) is 0 Å². The van der Waals surface area contributed by atoms with E-state index in [1.54, 1.807) is 12.1 Å². The Kier molecular flexibility index (Phi) is 5.07. The fraction of sp³-hybridized carbons (Fsp3) is 0.400. The van der Waals surface area contributed by atoms with E-state index in [4.69, 9.17) is 0 Å². The highest BCUT2D eigenvalue weighted by molar-refractivity contribution is 7.90. The molecule has 0 N–H and O–H groups in total. The summed E-state index contributed by atoms with van der Waals surface area (Å²) in [5.41, 5.74) is 3.51. The summed E-state index contributed by atoms with van der Waals surface area (Å²) < 4.78 is 23.1. The third-order valence-corrected chi connectivity index (χ3v) is 6.08. The van der Waals surface area contributed by atoms with Gasteiger partial charge in [0.1, 0.15) is 0 Å². The van der Waals surface area contributed by atoms with Gasteiger partial charge in [-0.05, 0) is 61.6 Å². The minimum absolute atomic E-state index is 0.364. The summed E-state index contributed by atoms with van der Waals surface area (Å²) in [4.78, 5) is 2.93. The molecule has 0 saturated carbocycles. The van der Waals surface area contributed by atoms with Crippen molar-refractivity contribution in [1.82, 2.24) is 4.90 Å². The normalized spacial score (nSPS) is 18.8. The third kappa shape index (κ3) is 4.05. The molecule has 0 aromatic heterocycles. The highest BCUT2D eigenvalue weighted by Gasteiger charge is 2.19. The Morgan fingerprint density at radius 3 is 2.08 bits per heavy atom. The Labute approximate surface area is 145 Å². The van der Waals surface area contributed by atoms with Crippen LogP contribution in [0.5, 0.6) is 0 Å². The standard InChI is InChI=1S/C20H25NO2S/c1-16-4-3-14-21(16)15-13-17-5-7-18(8-6-17)19-9-11-20(12-10-19)24(2,22)23/h5-12,16H,3-4,13-15H2,1-2H3/t16-/m1/s1. The number of sulfone groups is 1. The highest BCUT2D eigenvalue weighted by Crippen LogP contribution is 2.22. The van der Waals surface area contributed by atoms with Crippen LogP contribution in [0.25, 0.3) is 11.1 Å². The minimum Gasteiger partial charge on any atom is -0.300 e. The van der Waals surface area contributed by atoms with Crippen LogP contribution in [0.2, 0.25) is 0 Å². The first kappa shape index (κ1) is 17.2. The molecule has 0 bridgehead atoms. The lowest BCUT2D eigenvalue weighted by Gasteiger charge is -2.20. The average Bonchev–Trinajstić information content (AvgIpc) is 2.98. The van der Waals surface area contributed by atoms with Gasteiger partial charge in [0.15, 0.2) is 9.84 Å². The zero-order chi connectivity index (χ0) is 17.2. The molecule has 24 heavy (non-hydrogen) atoms. The van der Waals surface area contributed by atoms with Crippen molar-refractivity contribution in [3.8, 4) is 11.1 Å². The van der Waals surface area contributed by atoms with E-state index in [1.807, 2.05) is 12.1 Å². The van der Waals surface area contributed by atoms with Crippen LogP contribution in [0.4, 0.5) is 0 Å². The fourth-order valence-electron chi connectivity index (χ4n) is 3.36. The average molecular weight is 343 g/mol. The van der Waals surface area contributed by atoms with Crippen molar-refractivity contribution in [2.45, 2.75) is 37.1 Å². The zero-order valence-corrected chi connectivity index (χ0v) is 15.2. The molecular weight excluding hydrogens is 318 g/mol. The molecule has 1 atom stereocenters. The Balaban J connectivity index is 1.65. The first-order chi connectivity index (χ1) is 11.4. The third-order valence-electron chi connectivity index (χ3n) is 4.95. The van der Waals surface area contributed by atoms with E-state index in [0.29, 0.717) is 4.90 Å². The number of hydrogen-bond acceptors (Lipinski definition) is 3. The molecule has 1 aliphatic rings. The minimum atomic E-state index is -3.13. The monoisotopic (exact) mass is 343 g/mol. The van der Waals surface area contributed by atoms with Gasteiger partial charge in [-0.25, -0.2) is 8.42 Å². The largest absolute Gasteiger partial charge is 0.300 e. The van der Waals surface area contributed by atoms with Crippen molar-refractivity contribution in [3.63, 3.8) is 0 Å². The van der Waals surface area contributed by atoms with E-state index < -0.39 is 9.84 Å². The Bertz CT molecular complexity index is 779. The van der Waals surface area contributed by atoms with E-state index in [1.165, 1.54) is 31.2 Å². The van der Waals surface area contributed by atoms with Crippen LogP contribution < -0.4 is 0 Å². The van der Waals surface area contributed by atoms with Crippen molar-refractivity contribution in [1.29, 1.82) is 0 Å². The lowest BCUT2D eigenvalue weighted by molar-refractivity contribution is 0.272. The maximum atomic E-state index is 11.5. The fourth-order valence-corrected chi connectivity index (χ4v) is 3.99. The van der Waals surface area contributed by atoms with Gasteiger partial charge >= 0.3 is 0 Å². The van der Waals surface area contributed by atoms with Crippen molar-refractivity contribution < 1.29 is 8.42 Å². The zero-order valence-electron chi connectivity index (χ0n) is 14.4. The van der Waals surface area contributed by atoms with Crippen LogP contribution in [0, 0.1) is 0 Å². The van der Waals surface area contributed by atoms with Crippen molar-refractivity contribution >= 4 is 9.84 Å². The molecule has 1 aliphatic heterocycles. The molecule has 1 fully saturated rings. The van der Waals surface area contributed by atoms with Gasteiger partial charge in [0.2, 0.25) is 0 Å². The molecule has 3 rings (SSSR count). The predicted molar refractivity (Wildman–Crippen MR) is 99.0 cm³/mol. The second kappa shape index (κ2) is 7.08. The van der Waals surface area contributed by atoms with Crippen molar-refractivity contribution in [3.05, 3.63) is 54.1 Å². The van der Waals surface area contributed by atoms with Crippen molar-refractivity contribution in [2.24, 2.45) is 0 Å². The number of hydrogen-bond donors (Lipinski definition) is 0. The van der Waals surface area contributed by atoms with Gasteiger partial charge in [-0.1, -0.05) is 36.4 Å². The topological polar surface area (TPSA) is 37.4 Å². The molecule has 0 amide bonds. The van der Waals surface area contributed by atoms with Crippen LogP contribution in [-0.2, 0) is 16.3 Å². The van der Waals surface area contributed by atoms with E-state index in [-0.39, 0.29) is 0 Å². The molecule has 0 spiro atoms. The van der Waals surface area contributed by atoms with E-state index in [9.17, 15) is 8.42 Å². The summed E-state index contributed by atoms with van der Waals surface area (Å²) in [6.07, 6.45) is 4.96.